The van der Waals surface area contributed by atoms with Crippen molar-refractivity contribution in [3.63, 3.8) is 0 Å². The van der Waals surface area contributed by atoms with Gasteiger partial charge < -0.3 is 4.74 Å². The molecule has 2 fully saturated rings. The lowest BCUT2D eigenvalue weighted by molar-refractivity contribution is 0.112. The van der Waals surface area contributed by atoms with E-state index in [9.17, 15) is 4.39 Å². The average Bonchev–Trinajstić information content (AvgIpc) is 2.83. The van der Waals surface area contributed by atoms with E-state index in [0.717, 1.165) is 41.5 Å². The minimum atomic E-state index is -0.489. The van der Waals surface area contributed by atoms with Crippen molar-refractivity contribution < 1.29 is 13.5 Å². The molecule has 0 aliphatic heterocycles. The molecule has 0 bridgehead atoms. The lowest BCUT2D eigenvalue weighted by Crippen LogP contribution is -2.30. The molecular formula is C30H40F2O. The Morgan fingerprint density at radius 3 is 2.58 bits per heavy atom. The molecule has 2 aromatic rings. The largest absolute Gasteiger partial charge is 0.486 e. The topological polar surface area (TPSA) is 9.23 Å². The first kappa shape index (κ1) is 24.2. The minimum Gasteiger partial charge on any atom is -0.486 e. The zero-order chi connectivity index (χ0) is 23.2. The lowest BCUT2D eigenvalue weighted by Gasteiger charge is -2.42. The van der Waals surface area contributed by atoms with Gasteiger partial charge in [0.1, 0.15) is 12.4 Å². The van der Waals surface area contributed by atoms with E-state index in [1.54, 1.807) is 12.1 Å². The highest BCUT2D eigenvalue weighted by Gasteiger charge is 2.36. The number of ether oxygens (including phenoxy) is 1. The van der Waals surface area contributed by atoms with Crippen LogP contribution in [0.2, 0.25) is 0 Å². The van der Waals surface area contributed by atoms with E-state index in [1.807, 2.05) is 12.1 Å². The standard InChI is InChI=1S/C30H40F2O/c1-3-5-6-7-8-9-21-10-11-23-18-24(13-12-22(23)17-21)26-19-25-14-15-29(33-16-4-2)30(32)27(25)20-28(26)31/h4,14-15,19-24H,2-3,5-13,16-18H2,1H3. The second-order valence-electron chi connectivity index (χ2n) is 10.5. The third-order valence-corrected chi connectivity index (χ3v) is 8.27. The Balaban J connectivity index is 1.38. The Bertz CT molecular complexity index is 937. The molecule has 2 aliphatic carbocycles. The van der Waals surface area contributed by atoms with E-state index < -0.39 is 5.82 Å². The third-order valence-electron chi connectivity index (χ3n) is 8.27. The predicted octanol–water partition coefficient (Wildman–Crippen LogP) is 9.34. The van der Waals surface area contributed by atoms with E-state index >= 15 is 4.39 Å². The van der Waals surface area contributed by atoms with E-state index in [0.29, 0.717) is 5.39 Å². The van der Waals surface area contributed by atoms with Gasteiger partial charge in [-0.1, -0.05) is 70.6 Å². The van der Waals surface area contributed by atoms with Crippen molar-refractivity contribution in [3.05, 3.63) is 54.1 Å². The molecule has 0 radical (unpaired) electrons. The summed E-state index contributed by atoms with van der Waals surface area (Å²) in [7, 11) is 0. The number of fused-ring (bicyclic) bond motifs is 2. The minimum absolute atomic E-state index is 0.150. The number of rotatable bonds is 10. The van der Waals surface area contributed by atoms with Crippen molar-refractivity contribution in [1.29, 1.82) is 0 Å². The van der Waals surface area contributed by atoms with Gasteiger partial charge in [-0.15, -0.1) is 0 Å². The summed E-state index contributed by atoms with van der Waals surface area (Å²) >= 11 is 0. The Morgan fingerprint density at radius 1 is 0.970 bits per heavy atom. The number of halogens is 2. The molecule has 4 atom stereocenters. The van der Waals surface area contributed by atoms with E-state index in [2.05, 4.69) is 13.5 Å². The van der Waals surface area contributed by atoms with Gasteiger partial charge in [0, 0.05) is 5.39 Å². The quantitative estimate of drug-likeness (QED) is 0.257. The van der Waals surface area contributed by atoms with Crippen LogP contribution in [-0.4, -0.2) is 6.61 Å². The first-order valence-corrected chi connectivity index (χ1v) is 13.3. The molecule has 33 heavy (non-hydrogen) atoms. The van der Waals surface area contributed by atoms with Crippen LogP contribution >= 0.6 is 0 Å². The maximum Gasteiger partial charge on any atom is 0.172 e. The second-order valence-corrected chi connectivity index (χ2v) is 10.5. The van der Waals surface area contributed by atoms with Crippen LogP contribution in [0.4, 0.5) is 8.78 Å². The molecular weight excluding hydrogens is 414 g/mol. The fourth-order valence-corrected chi connectivity index (χ4v) is 6.45. The lowest BCUT2D eigenvalue weighted by atomic mass is 9.63. The Morgan fingerprint density at radius 2 is 1.76 bits per heavy atom. The zero-order valence-corrected chi connectivity index (χ0v) is 20.3. The van der Waals surface area contributed by atoms with Gasteiger partial charge in [0.15, 0.2) is 11.6 Å². The van der Waals surface area contributed by atoms with Crippen LogP contribution in [0, 0.1) is 29.4 Å². The molecule has 2 saturated carbocycles. The van der Waals surface area contributed by atoms with Gasteiger partial charge in [-0.2, -0.15) is 0 Å². The molecule has 180 valence electrons. The summed E-state index contributed by atoms with van der Waals surface area (Å²) in [6.45, 7) is 6.10. The summed E-state index contributed by atoms with van der Waals surface area (Å²) < 4.78 is 35.4. The maximum atomic E-state index is 15.2. The fourth-order valence-electron chi connectivity index (χ4n) is 6.45. The van der Waals surface area contributed by atoms with Gasteiger partial charge in [0.2, 0.25) is 0 Å². The smallest absolute Gasteiger partial charge is 0.172 e. The number of benzene rings is 2. The van der Waals surface area contributed by atoms with Crippen LogP contribution in [0.15, 0.2) is 36.9 Å². The molecule has 0 N–H and O–H groups in total. The normalized spacial score (nSPS) is 25.1. The monoisotopic (exact) mass is 454 g/mol. The fraction of sp³-hybridized carbons (Fsp3) is 0.600. The van der Waals surface area contributed by atoms with Crippen LogP contribution in [-0.2, 0) is 0 Å². The van der Waals surface area contributed by atoms with E-state index in [1.165, 1.54) is 70.3 Å². The number of hydrogen-bond donors (Lipinski definition) is 0. The highest BCUT2D eigenvalue weighted by Crippen LogP contribution is 2.49. The summed E-state index contributed by atoms with van der Waals surface area (Å²) in [4.78, 5) is 0. The molecule has 0 amide bonds. The highest BCUT2D eigenvalue weighted by atomic mass is 19.1. The van der Waals surface area contributed by atoms with Crippen LogP contribution in [0.5, 0.6) is 5.75 Å². The molecule has 0 heterocycles. The summed E-state index contributed by atoms with van der Waals surface area (Å²) in [6.07, 6.45) is 17.2. The first-order chi connectivity index (χ1) is 16.1. The molecule has 0 aromatic heterocycles. The Hall–Kier alpha value is -1.90. The molecule has 2 aliphatic rings. The highest BCUT2D eigenvalue weighted by molar-refractivity contribution is 5.85. The predicted molar refractivity (Wildman–Crippen MR) is 134 cm³/mol. The van der Waals surface area contributed by atoms with Gasteiger partial charge in [0.05, 0.1) is 0 Å². The summed E-state index contributed by atoms with van der Waals surface area (Å²) in [5, 5.41) is 1.05. The van der Waals surface area contributed by atoms with Crippen molar-refractivity contribution in [2.24, 2.45) is 17.8 Å². The van der Waals surface area contributed by atoms with Gasteiger partial charge in [-0.25, -0.2) is 8.78 Å². The SMILES string of the molecule is C=CCOc1ccc2cc(C3CCC4CC(CCCCCCC)CCC4C3)c(F)cc2c1F. The third kappa shape index (κ3) is 5.78. The molecule has 3 heteroatoms. The molecule has 4 rings (SSSR count). The Labute approximate surface area is 198 Å². The summed E-state index contributed by atoms with van der Waals surface area (Å²) in [5.74, 6) is 2.09. The molecule has 1 nitrogen and oxygen atoms in total. The van der Waals surface area contributed by atoms with Crippen LogP contribution in [0.3, 0.4) is 0 Å². The number of hydrogen-bond acceptors (Lipinski definition) is 1. The van der Waals surface area contributed by atoms with Crippen LogP contribution in [0.25, 0.3) is 10.8 Å². The van der Waals surface area contributed by atoms with Crippen molar-refractivity contribution in [3.8, 4) is 5.75 Å². The second kappa shape index (κ2) is 11.5. The molecule has 0 saturated heterocycles. The maximum absolute atomic E-state index is 15.2. The van der Waals surface area contributed by atoms with Crippen LogP contribution in [0.1, 0.15) is 95.5 Å². The first-order valence-electron chi connectivity index (χ1n) is 13.3. The van der Waals surface area contributed by atoms with Crippen molar-refractivity contribution in [1.82, 2.24) is 0 Å². The van der Waals surface area contributed by atoms with Gasteiger partial charge in [-0.3, -0.25) is 0 Å². The van der Waals surface area contributed by atoms with Gasteiger partial charge in [-0.05, 0) is 84.9 Å². The summed E-state index contributed by atoms with van der Waals surface area (Å²) in [6, 6.07) is 6.75. The van der Waals surface area contributed by atoms with E-state index in [4.69, 9.17) is 4.74 Å². The van der Waals surface area contributed by atoms with Gasteiger partial charge >= 0.3 is 0 Å². The number of unbranched alkanes of at least 4 members (excludes halogenated alkanes) is 4. The molecule has 0 spiro atoms. The van der Waals surface area contributed by atoms with Crippen molar-refractivity contribution in [2.75, 3.05) is 6.61 Å². The Kier molecular flexibility index (Phi) is 8.44. The molecule has 4 unspecified atom stereocenters. The van der Waals surface area contributed by atoms with Crippen molar-refractivity contribution >= 4 is 10.8 Å². The average molecular weight is 455 g/mol. The van der Waals surface area contributed by atoms with Crippen molar-refractivity contribution in [2.45, 2.75) is 89.9 Å². The van der Waals surface area contributed by atoms with E-state index in [-0.39, 0.29) is 24.1 Å². The van der Waals surface area contributed by atoms with Crippen LogP contribution < -0.4 is 4.74 Å². The van der Waals surface area contributed by atoms with Gasteiger partial charge in [0.25, 0.3) is 0 Å². The summed E-state index contributed by atoms with van der Waals surface area (Å²) in [5.41, 5.74) is 0.776. The zero-order valence-electron chi connectivity index (χ0n) is 20.3. The molecule has 2 aromatic carbocycles.